The lowest BCUT2D eigenvalue weighted by atomic mass is 10.2. The molecule has 0 aliphatic carbocycles. The summed E-state index contributed by atoms with van der Waals surface area (Å²) in [5.74, 6) is 1.00. The van der Waals surface area contributed by atoms with Crippen LogP contribution in [0.4, 0.5) is 5.69 Å². The second-order valence-electron chi connectivity index (χ2n) is 6.38. The number of hydrogen-bond acceptors (Lipinski definition) is 5. The molecule has 2 aromatic carbocycles. The molecule has 1 heterocycles. The van der Waals surface area contributed by atoms with Gasteiger partial charge in [0.1, 0.15) is 12.3 Å². The average Bonchev–Trinajstić information content (AvgIpc) is 3.14. The first-order chi connectivity index (χ1) is 13.5. The van der Waals surface area contributed by atoms with Crippen LogP contribution in [-0.2, 0) is 11.3 Å². The fraction of sp³-hybridized carbons (Fsp3) is 0.300. The highest BCUT2D eigenvalue weighted by atomic mass is 35.5. The number of amides is 1. The number of nitrogens with one attached hydrogen (secondary N) is 1. The zero-order valence-corrected chi connectivity index (χ0v) is 16.6. The van der Waals surface area contributed by atoms with Crippen molar-refractivity contribution in [2.45, 2.75) is 33.2 Å². The summed E-state index contributed by atoms with van der Waals surface area (Å²) in [6, 6.07) is 12.8. The summed E-state index contributed by atoms with van der Waals surface area (Å²) in [4.78, 5) is 13.5. The number of nitrogens with zero attached hydrogens (tertiary/aromatic N) is 4. The highest BCUT2D eigenvalue weighted by Gasteiger charge is 2.11. The first-order valence-corrected chi connectivity index (χ1v) is 9.50. The van der Waals surface area contributed by atoms with Crippen molar-refractivity contribution >= 4 is 23.2 Å². The normalized spacial score (nSPS) is 10.7. The van der Waals surface area contributed by atoms with Crippen LogP contribution in [0.15, 0.2) is 42.5 Å². The van der Waals surface area contributed by atoms with Crippen LogP contribution in [0, 0.1) is 6.92 Å². The van der Waals surface area contributed by atoms with Crippen LogP contribution in [0.3, 0.4) is 0 Å². The van der Waals surface area contributed by atoms with Gasteiger partial charge in [-0.05, 0) is 60.5 Å². The van der Waals surface area contributed by atoms with Gasteiger partial charge in [0.25, 0.3) is 0 Å². The van der Waals surface area contributed by atoms with Gasteiger partial charge in [-0.1, -0.05) is 31.0 Å². The molecule has 0 saturated carbocycles. The largest absolute Gasteiger partial charge is 0.494 e. The number of carbonyl (C=O) groups is 1. The SMILES string of the molecule is CCCCOc1ccc(-c2nnn(CC(=O)Nc3cc(Cl)ccc3C)n2)cc1. The minimum atomic E-state index is -0.256. The van der Waals surface area contributed by atoms with Crippen molar-refractivity contribution in [2.24, 2.45) is 0 Å². The number of tetrazole rings is 1. The van der Waals surface area contributed by atoms with E-state index < -0.39 is 0 Å². The standard InChI is InChI=1S/C20H22ClN5O2/c1-3-4-11-28-17-9-6-15(7-10-17)20-23-25-26(24-20)13-19(27)22-18-12-16(21)8-5-14(18)2/h5-10,12H,3-4,11,13H2,1-2H3,(H,22,27). The van der Waals surface area contributed by atoms with Crippen LogP contribution >= 0.6 is 11.6 Å². The molecule has 1 N–H and O–H groups in total. The van der Waals surface area contributed by atoms with Gasteiger partial charge < -0.3 is 10.1 Å². The molecule has 0 bridgehead atoms. The first-order valence-electron chi connectivity index (χ1n) is 9.12. The Morgan fingerprint density at radius 2 is 2.00 bits per heavy atom. The highest BCUT2D eigenvalue weighted by molar-refractivity contribution is 6.31. The number of rotatable bonds is 8. The molecule has 0 atom stereocenters. The molecule has 8 heteroatoms. The van der Waals surface area contributed by atoms with Gasteiger partial charge >= 0.3 is 0 Å². The Hall–Kier alpha value is -2.93. The van der Waals surface area contributed by atoms with Gasteiger partial charge in [-0.15, -0.1) is 10.2 Å². The predicted molar refractivity (Wildman–Crippen MR) is 108 cm³/mol. The van der Waals surface area contributed by atoms with Gasteiger partial charge in [0.15, 0.2) is 0 Å². The lowest BCUT2D eigenvalue weighted by molar-refractivity contribution is -0.117. The molecule has 0 unspecified atom stereocenters. The van der Waals surface area contributed by atoms with E-state index in [9.17, 15) is 4.79 Å². The van der Waals surface area contributed by atoms with E-state index in [1.54, 1.807) is 12.1 Å². The number of benzene rings is 2. The molecule has 146 valence electrons. The van der Waals surface area contributed by atoms with Crippen molar-refractivity contribution in [3.8, 4) is 17.1 Å². The monoisotopic (exact) mass is 399 g/mol. The third kappa shape index (κ3) is 5.29. The molecule has 0 fully saturated rings. The number of halogens is 1. The summed E-state index contributed by atoms with van der Waals surface area (Å²) < 4.78 is 5.65. The molecule has 0 aliphatic heterocycles. The number of aryl methyl sites for hydroxylation is 1. The van der Waals surface area contributed by atoms with Gasteiger partial charge in [-0.2, -0.15) is 4.80 Å². The third-order valence-electron chi connectivity index (χ3n) is 4.09. The molecule has 0 saturated heterocycles. The van der Waals surface area contributed by atoms with Crippen molar-refractivity contribution in [3.05, 3.63) is 53.1 Å². The summed E-state index contributed by atoms with van der Waals surface area (Å²) in [7, 11) is 0. The van der Waals surface area contributed by atoms with Crippen molar-refractivity contribution in [1.82, 2.24) is 20.2 Å². The predicted octanol–water partition coefficient (Wildman–Crippen LogP) is 4.12. The summed E-state index contributed by atoms with van der Waals surface area (Å²) in [6.07, 6.45) is 2.12. The third-order valence-corrected chi connectivity index (χ3v) is 4.33. The number of aromatic nitrogens is 4. The zero-order chi connectivity index (χ0) is 19.9. The minimum Gasteiger partial charge on any atom is -0.494 e. The molecule has 28 heavy (non-hydrogen) atoms. The molecule has 3 rings (SSSR count). The summed E-state index contributed by atoms with van der Waals surface area (Å²) in [6.45, 7) is 4.67. The molecule has 7 nitrogen and oxygen atoms in total. The smallest absolute Gasteiger partial charge is 0.248 e. The Kier molecular flexibility index (Phi) is 6.60. The van der Waals surface area contributed by atoms with Crippen LogP contribution in [0.1, 0.15) is 25.3 Å². The second kappa shape index (κ2) is 9.32. The van der Waals surface area contributed by atoms with Crippen molar-refractivity contribution < 1.29 is 9.53 Å². The van der Waals surface area contributed by atoms with Crippen LogP contribution in [0.2, 0.25) is 5.02 Å². The van der Waals surface area contributed by atoms with Crippen LogP contribution < -0.4 is 10.1 Å². The van der Waals surface area contributed by atoms with Crippen LogP contribution in [0.5, 0.6) is 5.75 Å². The quantitative estimate of drug-likeness (QED) is 0.576. The van der Waals surface area contributed by atoms with Gasteiger partial charge in [-0.3, -0.25) is 4.79 Å². The highest BCUT2D eigenvalue weighted by Crippen LogP contribution is 2.21. The summed E-state index contributed by atoms with van der Waals surface area (Å²) in [5, 5.41) is 15.6. The van der Waals surface area contributed by atoms with Crippen LogP contribution in [0.25, 0.3) is 11.4 Å². The van der Waals surface area contributed by atoms with Gasteiger partial charge in [0.2, 0.25) is 11.7 Å². The fourth-order valence-electron chi connectivity index (χ4n) is 2.51. The lowest BCUT2D eigenvalue weighted by Gasteiger charge is -2.08. The maximum atomic E-state index is 12.3. The van der Waals surface area contributed by atoms with Gasteiger partial charge in [-0.25, -0.2) is 0 Å². The number of unbranched alkanes of at least 4 members (excludes halogenated alkanes) is 1. The van der Waals surface area contributed by atoms with E-state index >= 15 is 0 Å². The van der Waals surface area contributed by atoms with E-state index in [-0.39, 0.29) is 12.5 Å². The van der Waals surface area contributed by atoms with E-state index in [1.165, 1.54) is 4.80 Å². The van der Waals surface area contributed by atoms with Crippen molar-refractivity contribution in [3.63, 3.8) is 0 Å². The molecule has 3 aromatic rings. The lowest BCUT2D eigenvalue weighted by Crippen LogP contribution is -2.21. The van der Waals surface area contributed by atoms with E-state index in [1.807, 2.05) is 37.3 Å². The molecule has 0 radical (unpaired) electrons. The van der Waals surface area contributed by atoms with Crippen molar-refractivity contribution in [1.29, 1.82) is 0 Å². The van der Waals surface area contributed by atoms with E-state index in [0.717, 1.165) is 29.7 Å². The summed E-state index contributed by atoms with van der Waals surface area (Å²) >= 11 is 5.98. The number of ether oxygens (including phenoxy) is 1. The maximum absolute atomic E-state index is 12.3. The number of anilines is 1. The van der Waals surface area contributed by atoms with Gasteiger partial charge in [0, 0.05) is 16.3 Å². The Morgan fingerprint density at radius 3 is 2.75 bits per heavy atom. The van der Waals surface area contributed by atoms with Crippen molar-refractivity contribution in [2.75, 3.05) is 11.9 Å². The Bertz CT molecular complexity index is 940. The van der Waals surface area contributed by atoms with Gasteiger partial charge in [0.05, 0.1) is 6.61 Å². The molecular formula is C20H22ClN5O2. The minimum absolute atomic E-state index is 0.0445. The zero-order valence-electron chi connectivity index (χ0n) is 15.9. The van der Waals surface area contributed by atoms with Crippen LogP contribution in [-0.4, -0.2) is 32.7 Å². The van der Waals surface area contributed by atoms with E-state index in [2.05, 4.69) is 27.7 Å². The molecule has 1 amide bonds. The Balaban J connectivity index is 1.60. The summed E-state index contributed by atoms with van der Waals surface area (Å²) in [5.41, 5.74) is 2.39. The Labute approximate surface area is 168 Å². The molecule has 0 aliphatic rings. The number of hydrogen-bond donors (Lipinski definition) is 1. The van der Waals surface area contributed by atoms with E-state index in [0.29, 0.717) is 23.1 Å². The Morgan fingerprint density at radius 1 is 1.21 bits per heavy atom. The maximum Gasteiger partial charge on any atom is 0.248 e. The number of carbonyl (C=O) groups excluding carboxylic acids is 1. The molecular weight excluding hydrogens is 378 g/mol. The molecule has 0 spiro atoms. The van der Waals surface area contributed by atoms with E-state index in [4.69, 9.17) is 16.3 Å². The molecule has 1 aromatic heterocycles. The fourth-order valence-corrected chi connectivity index (χ4v) is 2.68. The first kappa shape index (κ1) is 19.8. The average molecular weight is 400 g/mol. The second-order valence-corrected chi connectivity index (χ2v) is 6.81. The topological polar surface area (TPSA) is 81.9 Å².